The number of halogens is 4. The van der Waals surface area contributed by atoms with Crippen molar-refractivity contribution in [2.75, 3.05) is 6.54 Å². The lowest BCUT2D eigenvalue weighted by Crippen LogP contribution is -2.30. The monoisotopic (exact) mass is 341 g/mol. The second kappa shape index (κ2) is 7.44. The van der Waals surface area contributed by atoms with Crippen LogP contribution in [0.25, 0.3) is 0 Å². The zero-order valence-corrected chi connectivity index (χ0v) is 12.5. The highest BCUT2D eigenvalue weighted by Gasteiger charge is 2.34. The van der Waals surface area contributed by atoms with Gasteiger partial charge in [0.1, 0.15) is 5.82 Å². The van der Waals surface area contributed by atoms with Crippen LogP contribution in [0.1, 0.15) is 22.8 Å². The Hall–Kier alpha value is -2.41. The van der Waals surface area contributed by atoms with Gasteiger partial charge in [-0.3, -0.25) is 4.79 Å². The smallest absolute Gasteiger partial charge is 0.387 e. The molecule has 2 rings (SSSR count). The molecule has 0 unspecified atom stereocenters. The molecule has 128 valence electrons. The van der Waals surface area contributed by atoms with Crippen molar-refractivity contribution in [3.05, 3.63) is 71.0 Å². The Bertz CT molecular complexity index is 716. The summed E-state index contributed by atoms with van der Waals surface area (Å²) in [6, 6.07) is 10.3. The third-order valence-corrected chi connectivity index (χ3v) is 3.43. The van der Waals surface area contributed by atoms with E-state index in [1.165, 1.54) is 30.3 Å². The number of alkyl halides is 3. The van der Waals surface area contributed by atoms with Crippen molar-refractivity contribution < 1.29 is 27.5 Å². The highest BCUT2D eigenvalue weighted by atomic mass is 19.4. The molecule has 2 aromatic rings. The number of carbonyl (C=O) groups is 1. The number of hydrogen-bond acceptors (Lipinski definition) is 2. The molecule has 0 spiro atoms. The largest absolute Gasteiger partial charge is 0.416 e. The molecule has 0 aliphatic rings. The third-order valence-electron chi connectivity index (χ3n) is 3.43. The fourth-order valence-electron chi connectivity index (χ4n) is 2.24. The average Bonchev–Trinajstić information content (AvgIpc) is 2.54. The van der Waals surface area contributed by atoms with E-state index in [2.05, 4.69) is 5.32 Å². The zero-order valence-electron chi connectivity index (χ0n) is 12.5. The van der Waals surface area contributed by atoms with Crippen molar-refractivity contribution in [2.24, 2.45) is 0 Å². The van der Waals surface area contributed by atoms with Crippen molar-refractivity contribution in [2.45, 2.75) is 18.7 Å². The fraction of sp³-hybridized carbons (Fsp3) is 0.235. The van der Waals surface area contributed by atoms with Gasteiger partial charge in [-0.2, -0.15) is 13.2 Å². The SMILES string of the molecule is O=C(Cc1ccccc1F)NC[C@@H](O)c1ccccc1C(F)(F)F. The first-order chi connectivity index (χ1) is 11.3. The molecule has 24 heavy (non-hydrogen) atoms. The number of aliphatic hydroxyl groups excluding tert-OH is 1. The maximum atomic E-state index is 13.4. The highest BCUT2D eigenvalue weighted by molar-refractivity contribution is 5.78. The van der Waals surface area contributed by atoms with Gasteiger partial charge in [0, 0.05) is 6.54 Å². The summed E-state index contributed by atoms with van der Waals surface area (Å²) in [5, 5.41) is 12.3. The van der Waals surface area contributed by atoms with Crippen molar-refractivity contribution >= 4 is 5.91 Å². The molecular weight excluding hydrogens is 326 g/mol. The third kappa shape index (κ3) is 4.55. The van der Waals surface area contributed by atoms with Crippen LogP contribution in [0.15, 0.2) is 48.5 Å². The topological polar surface area (TPSA) is 49.3 Å². The predicted octanol–water partition coefficient (Wildman–Crippen LogP) is 3.24. The van der Waals surface area contributed by atoms with Crippen LogP contribution in [0, 0.1) is 5.82 Å². The highest BCUT2D eigenvalue weighted by Crippen LogP contribution is 2.34. The number of carbonyl (C=O) groups excluding carboxylic acids is 1. The second-order valence-electron chi connectivity index (χ2n) is 5.17. The van der Waals surface area contributed by atoms with Crippen LogP contribution in [0.2, 0.25) is 0 Å². The quantitative estimate of drug-likeness (QED) is 0.821. The summed E-state index contributed by atoms with van der Waals surface area (Å²) in [4.78, 5) is 11.8. The van der Waals surface area contributed by atoms with E-state index in [1.807, 2.05) is 0 Å². The molecular formula is C17H15F4NO2. The minimum absolute atomic E-state index is 0.167. The standard InChI is InChI=1S/C17H15F4NO2/c18-14-8-4-1-5-11(14)9-16(24)22-10-15(23)12-6-2-3-7-13(12)17(19,20)21/h1-8,15,23H,9-10H2,(H,22,24)/t15-/m1/s1. The first-order valence-corrected chi connectivity index (χ1v) is 7.13. The van der Waals surface area contributed by atoms with Gasteiger partial charge in [-0.25, -0.2) is 4.39 Å². The molecule has 1 atom stereocenters. The molecule has 0 fully saturated rings. The lowest BCUT2D eigenvalue weighted by molar-refractivity contribution is -0.139. The first-order valence-electron chi connectivity index (χ1n) is 7.13. The van der Waals surface area contributed by atoms with Crippen molar-refractivity contribution in [3.8, 4) is 0 Å². The van der Waals surface area contributed by atoms with E-state index in [1.54, 1.807) is 6.07 Å². The van der Waals surface area contributed by atoms with Crippen molar-refractivity contribution in [3.63, 3.8) is 0 Å². The van der Waals surface area contributed by atoms with Crippen molar-refractivity contribution in [1.82, 2.24) is 5.32 Å². The van der Waals surface area contributed by atoms with E-state index in [-0.39, 0.29) is 17.5 Å². The van der Waals surface area contributed by atoms with Gasteiger partial charge in [-0.05, 0) is 23.3 Å². The van der Waals surface area contributed by atoms with Crippen LogP contribution < -0.4 is 5.32 Å². The summed E-state index contributed by atoms with van der Waals surface area (Å²) >= 11 is 0. The summed E-state index contributed by atoms with van der Waals surface area (Å²) < 4.78 is 52.1. The zero-order chi connectivity index (χ0) is 17.7. The molecule has 0 bridgehead atoms. The van der Waals surface area contributed by atoms with Gasteiger partial charge in [0.25, 0.3) is 0 Å². The Labute approximate surface area is 135 Å². The van der Waals surface area contributed by atoms with Gasteiger partial charge < -0.3 is 10.4 Å². The summed E-state index contributed by atoms with van der Waals surface area (Å²) in [6.45, 7) is -0.402. The van der Waals surface area contributed by atoms with E-state index in [9.17, 15) is 27.5 Å². The average molecular weight is 341 g/mol. The van der Waals surface area contributed by atoms with E-state index in [0.29, 0.717) is 0 Å². The van der Waals surface area contributed by atoms with Gasteiger partial charge in [0.2, 0.25) is 5.91 Å². The lowest BCUT2D eigenvalue weighted by atomic mass is 10.0. The van der Waals surface area contributed by atoms with Gasteiger partial charge in [0.05, 0.1) is 18.1 Å². The molecule has 2 N–H and O–H groups in total. The first kappa shape index (κ1) is 17.9. The summed E-state index contributed by atoms with van der Waals surface area (Å²) in [5.41, 5.74) is -1.11. The molecule has 7 heteroatoms. The molecule has 0 aliphatic carbocycles. The molecule has 0 saturated heterocycles. The predicted molar refractivity (Wildman–Crippen MR) is 79.5 cm³/mol. The molecule has 0 aliphatic heterocycles. The number of hydrogen-bond donors (Lipinski definition) is 2. The summed E-state index contributed by atoms with van der Waals surface area (Å²) in [7, 11) is 0. The lowest BCUT2D eigenvalue weighted by Gasteiger charge is -2.18. The number of amides is 1. The van der Waals surface area contributed by atoms with E-state index in [0.717, 1.165) is 12.1 Å². The van der Waals surface area contributed by atoms with Crippen LogP contribution in [0.3, 0.4) is 0 Å². The number of nitrogens with one attached hydrogen (secondary N) is 1. The molecule has 0 saturated carbocycles. The van der Waals surface area contributed by atoms with E-state index >= 15 is 0 Å². The van der Waals surface area contributed by atoms with Gasteiger partial charge in [0.15, 0.2) is 0 Å². The fourth-order valence-corrected chi connectivity index (χ4v) is 2.24. The normalized spacial score (nSPS) is 12.7. The molecule has 3 nitrogen and oxygen atoms in total. The number of aliphatic hydroxyl groups is 1. The van der Waals surface area contributed by atoms with Gasteiger partial charge in [-0.15, -0.1) is 0 Å². The number of rotatable bonds is 5. The molecule has 2 aromatic carbocycles. The Morgan fingerprint density at radius 2 is 1.71 bits per heavy atom. The Morgan fingerprint density at radius 3 is 2.38 bits per heavy atom. The van der Waals surface area contributed by atoms with Crippen LogP contribution >= 0.6 is 0 Å². The van der Waals surface area contributed by atoms with Crippen LogP contribution in [-0.2, 0) is 17.4 Å². The Kier molecular flexibility index (Phi) is 5.56. The van der Waals surface area contributed by atoms with Crippen LogP contribution in [0.4, 0.5) is 17.6 Å². The molecule has 1 amide bonds. The minimum atomic E-state index is -4.60. The van der Waals surface area contributed by atoms with Crippen LogP contribution in [0.5, 0.6) is 0 Å². The molecule has 0 radical (unpaired) electrons. The maximum absolute atomic E-state index is 13.4. The second-order valence-corrected chi connectivity index (χ2v) is 5.17. The minimum Gasteiger partial charge on any atom is -0.387 e. The summed E-state index contributed by atoms with van der Waals surface area (Å²) in [6.07, 6.45) is -6.39. The van der Waals surface area contributed by atoms with E-state index < -0.39 is 36.1 Å². The van der Waals surface area contributed by atoms with Gasteiger partial charge in [-0.1, -0.05) is 36.4 Å². The van der Waals surface area contributed by atoms with Crippen LogP contribution in [-0.4, -0.2) is 17.6 Å². The molecule has 0 heterocycles. The molecule has 0 aromatic heterocycles. The summed E-state index contributed by atoms with van der Waals surface area (Å²) in [5.74, 6) is -1.14. The maximum Gasteiger partial charge on any atom is 0.416 e. The van der Waals surface area contributed by atoms with Gasteiger partial charge >= 0.3 is 6.18 Å². The Balaban J connectivity index is 2.00. The number of benzene rings is 2. The Morgan fingerprint density at radius 1 is 1.08 bits per heavy atom. The van der Waals surface area contributed by atoms with Crippen molar-refractivity contribution in [1.29, 1.82) is 0 Å². The van der Waals surface area contributed by atoms with E-state index in [4.69, 9.17) is 0 Å².